The number of benzene rings is 1. The van der Waals surface area contributed by atoms with Crippen LogP contribution in [0.25, 0.3) is 0 Å². The molecule has 0 unspecified atom stereocenters. The minimum atomic E-state index is -4.53. The first-order valence-corrected chi connectivity index (χ1v) is 11.1. The zero-order chi connectivity index (χ0) is 22.6. The standard InChI is InChI=1S/C19H23ClF3N5O2S/c1-12(2)10-28-17(27-5-7-30-8-6-27)25-26-18(28)31-11-16(29)24-15-9-13(19(21,22)23)3-4-14(15)20/h3-4,9,12H,5-8,10-11H2,1-2H3,(H,24,29). The van der Waals surface area contributed by atoms with Crippen LogP contribution in [0.15, 0.2) is 23.4 Å². The Morgan fingerprint density at radius 3 is 2.65 bits per heavy atom. The molecule has 3 rings (SSSR count). The number of hydrogen-bond donors (Lipinski definition) is 1. The Morgan fingerprint density at radius 1 is 1.29 bits per heavy atom. The van der Waals surface area contributed by atoms with Crippen LogP contribution in [0.5, 0.6) is 0 Å². The lowest BCUT2D eigenvalue weighted by Gasteiger charge is -2.28. The van der Waals surface area contributed by atoms with E-state index in [0.717, 1.165) is 24.1 Å². The number of thioether (sulfide) groups is 1. The van der Waals surface area contributed by atoms with Crippen LogP contribution in [-0.4, -0.2) is 52.7 Å². The summed E-state index contributed by atoms with van der Waals surface area (Å²) in [6, 6.07) is 2.80. The van der Waals surface area contributed by atoms with Gasteiger partial charge in [0.25, 0.3) is 0 Å². The van der Waals surface area contributed by atoms with Crippen molar-refractivity contribution in [2.24, 2.45) is 5.92 Å². The zero-order valence-corrected chi connectivity index (χ0v) is 18.6. The van der Waals surface area contributed by atoms with Crippen molar-refractivity contribution in [1.82, 2.24) is 14.8 Å². The second-order valence-electron chi connectivity index (χ2n) is 7.42. The molecule has 1 aromatic heterocycles. The minimum Gasteiger partial charge on any atom is -0.378 e. The number of alkyl halides is 3. The maximum atomic E-state index is 12.9. The summed E-state index contributed by atoms with van der Waals surface area (Å²) in [7, 11) is 0. The number of morpholine rings is 1. The van der Waals surface area contributed by atoms with Crippen molar-refractivity contribution in [3.8, 4) is 0 Å². The number of aromatic nitrogens is 3. The molecule has 0 bridgehead atoms. The number of hydrogen-bond acceptors (Lipinski definition) is 6. The summed E-state index contributed by atoms with van der Waals surface area (Å²) in [5.41, 5.74) is -0.966. The molecule has 2 aromatic rings. The van der Waals surface area contributed by atoms with Crippen LogP contribution in [0, 0.1) is 5.92 Å². The van der Waals surface area contributed by atoms with Gasteiger partial charge in [-0.1, -0.05) is 37.2 Å². The van der Waals surface area contributed by atoms with E-state index in [2.05, 4.69) is 34.3 Å². The van der Waals surface area contributed by atoms with Gasteiger partial charge in [-0.05, 0) is 24.1 Å². The van der Waals surface area contributed by atoms with Crippen molar-refractivity contribution in [3.63, 3.8) is 0 Å². The first-order chi connectivity index (χ1) is 14.6. The van der Waals surface area contributed by atoms with E-state index < -0.39 is 17.6 Å². The Labute approximate surface area is 187 Å². The summed E-state index contributed by atoms with van der Waals surface area (Å²) in [5.74, 6) is 0.512. The molecule has 7 nitrogen and oxygen atoms in total. The topological polar surface area (TPSA) is 72.3 Å². The third kappa shape index (κ3) is 6.27. The quantitative estimate of drug-likeness (QED) is 0.603. The largest absolute Gasteiger partial charge is 0.416 e. The fourth-order valence-electron chi connectivity index (χ4n) is 3.02. The molecule has 12 heteroatoms. The van der Waals surface area contributed by atoms with Crippen molar-refractivity contribution in [2.45, 2.75) is 31.7 Å². The van der Waals surface area contributed by atoms with Crippen molar-refractivity contribution < 1.29 is 22.7 Å². The molecule has 0 saturated carbocycles. The molecular formula is C19H23ClF3N5O2S. The predicted octanol–water partition coefficient (Wildman–Crippen LogP) is 4.17. The number of carbonyl (C=O) groups is 1. The Bertz CT molecular complexity index is 916. The molecule has 1 N–H and O–H groups in total. The minimum absolute atomic E-state index is 0.0314. The van der Waals surface area contributed by atoms with E-state index in [4.69, 9.17) is 16.3 Å². The lowest BCUT2D eigenvalue weighted by molar-refractivity contribution is -0.137. The molecule has 1 fully saturated rings. The highest BCUT2D eigenvalue weighted by molar-refractivity contribution is 7.99. The van der Waals surface area contributed by atoms with E-state index in [1.165, 1.54) is 11.8 Å². The summed E-state index contributed by atoms with van der Waals surface area (Å²) in [6.45, 7) is 7.43. The average molecular weight is 478 g/mol. The first-order valence-electron chi connectivity index (χ1n) is 9.70. The lowest BCUT2D eigenvalue weighted by atomic mass is 10.2. The first kappa shape index (κ1) is 23.7. The molecular weight excluding hydrogens is 455 g/mol. The summed E-state index contributed by atoms with van der Waals surface area (Å²) in [5, 5.41) is 11.6. The van der Waals surface area contributed by atoms with Gasteiger partial charge in [0.2, 0.25) is 11.9 Å². The predicted molar refractivity (Wildman–Crippen MR) is 114 cm³/mol. The molecule has 0 aliphatic carbocycles. The zero-order valence-electron chi connectivity index (χ0n) is 17.1. The number of carbonyl (C=O) groups excluding carboxylic acids is 1. The van der Waals surface area contributed by atoms with Crippen molar-refractivity contribution in [2.75, 3.05) is 42.3 Å². The van der Waals surface area contributed by atoms with Gasteiger partial charge in [0, 0.05) is 19.6 Å². The normalized spacial score (nSPS) is 14.9. The van der Waals surface area contributed by atoms with E-state index in [1.807, 2.05) is 4.57 Å². The van der Waals surface area contributed by atoms with Gasteiger partial charge in [-0.3, -0.25) is 9.36 Å². The maximum Gasteiger partial charge on any atom is 0.416 e. The van der Waals surface area contributed by atoms with Gasteiger partial charge in [-0.2, -0.15) is 13.2 Å². The molecule has 0 spiro atoms. The molecule has 2 heterocycles. The van der Waals surface area contributed by atoms with Crippen LogP contribution in [0.3, 0.4) is 0 Å². The summed E-state index contributed by atoms with van der Waals surface area (Å²) < 4.78 is 46.1. The average Bonchev–Trinajstić information content (AvgIpc) is 3.09. The van der Waals surface area contributed by atoms with E-state index in [0.29, 0.717) is 43.9 Å². The van der Waals surface area contributed by atoms with E-state index >= 15 is 0 Å². The second kappa shape index (κ2) is 10.1. The highest BCUT2D eigenvalue weighted by atomic mass is 35.5. The van der Waals surface area contributed by atoms with Gasteiger partial charge in [0.1, 0.15) is 0 Å². The highest BCUT2D eigenvalue weighted by Gasteiger charge is 2.31. The molecule has 0 atom stereocenters. The number of anilines is 2. The van der Waals surface area contributed by atoms with Crippen molar-refractivity contribution in [1.29, 1.82) is 0 Å². The number of rotatable bonds is 7. The molecule has 1 aliphatic rings. The van der Waals surface area contributed by atoms with Gasteiger partial charge < -0.3 is 15.0 Å². The Kier molecular flexibility index (Phi) is 7.71. The molecule has 170 valence electrons. The van der Waals surface area contributed by atoms with Gasteiger partial charge in [0.15, 0.2) is 5.16 Å². The third-order valence-electron chi connectivity index (χ3n) is 4.44. The van der Waals surface area contributed by atoms with Crippen LogP contribution in [-0.2, 0) is 22.3 Å². The number of nitrogens with zero attached hydrogens (tertiary/aromatic N) is 4. The van der Waals surface area contributed by atoms with Crippen LogP contribution >= 0.6 is 23.4 Å². The monoisotopic (exact) mass is 477 g/mol. The van der Waals surface area contributed by atoms with Crippen LogP contribution < -0.4 is 10.2 Å². The fraction of sp³-hybridized carbons (Fsp3) is 0.526. The Balaban J connectivity index is 1.69. The molecule has 1 aromatic carbocycles. The van der Waals surface area contributed by atoms with Gasteiger partial charge in [0.05, 0.1) is 35.2 Å². The molecule has 31 heavy (non-hydrogen) atoms. The highest BCUT2D eigenvalue weighted by Crippen LogP contribution is 2.34. The van der Waals surface area contributed by atoms with Crippen LogP contribution in [0.2, 0.25) is 5.02 Å². The van der Waals surface area contributed by atoms with Crippen molar-refractivity contribution in [3.05, 3.63) is 28.8 Å². The molecule has 0 radical (unpaired) electrons. The molecule has 1 saturated heterocycles. The lowest BCUT2D eigenvalue weighted by Crippen LogP contribution is -2.38. The van der Waals surface area contributed by atoms with Crippen molar-refractivity contribution >= 4 is 40.9 Å². The van der Waals surface area contributed by atoms with Crippen LogP contribution in [0.1, 0.15) is 19.4 Å². The summed E-state index contributed by atoms with van der Waals surface area (Å²) in [4.78, 5) is 14.5. The SMILES string of the molecule is CC(C)Cn1c(SCC(=O)Nc2cc(C(F)(F)F)ccc2Cl)nnc1N1CCOCC1. The van der Waals surface area contributed by atoms with Crippen LogP contribution in [0.4, 0.5) is 24.8 Å². The molecule has 1 aliphatic heterocycles. The summed E-state index contributed by atoms with van der Waals surface area (Å²) in [6.07, 6.45) is -4.53. The number of nitrogens with one attached hydrogen (secondary N) is 1. The smallest absolute Gasteiger partial charge is 0.378 e. The number of ether oxygens (including phenoxy) is 1. The van der Waals surface area contributed by atoms with Gasteiger partial charge in [-0.25, -0.2) is 0 Å². The second-order valence-corrected chi connectivity index (χ2v) is 8.77. The van der Waals surface area contributed by atoms with E-state index in [1.54, 1.807) is 0 Å². The third-order valence-corrected chi connectivity index (χ3v) is 5.74. The number of halogens is 4. The molecule has 1 amide bonds. The van der Waals surface area contributed by atoms with E-state index in [9.17, 15) is 18.0 Å². The number of amides is 1. The van der Waals surface area contributed by atoms with E-state index in [-0.39, 0.29) is 16.5 Å². The Hall–Kier alpha value is -1.98. The fourth-order valence-corrected chi connectivity index (χ4v) is 3.93. The maximum absolute atomic E-state index is 12.9. The summed E-state index contributed by atoms with van der Waals surface area (Å²) >= 11 is 7.12. The Morgan fingerprint density at radius 2 is 2.00 bits per heavy atom. The van der Waals surface area contributed by atoms with Gasteiger partial charge >= 0.3 is 6.18 Å². The van der Waals surface area contributed by atoms with Gasteiger partial charge in [-0.15, -0.1) is 10.2 Å².